The number of anilines is 1. The number of unbranched alkanes of at least 4 members (excludes halogenated alkanes) is 1. The highest BCUT2D eigenvalue weighted by Crippen LogP contribution is 2.27. The van der Waals surface area contributed by atoms with Crippen LogP contribution in [0.2, 0.25) is 5.02 Å². The van der Waals surface area contributed by atoms with E-state index in [0.717, 1.165) is 12.8 Å². The minimum absolute atomic E-state index is 0.0152. The van der Waals surface area contributed by atoms with Crippen molar-refractivity contribution in [3.8, 4) is 0 Å². The topological polar surface area (TPSA) is 79.5 Å². The zero-order valence-electron chi connectivity index (χ0n) is 10.2. The maximum Gasteiger partial charge on any atom is 0.289 e. The first-order valence-electron chi connectivity index (χ1n) is 5.75. The van der Waals surface area contributed by atoms with Crippen LogP contribution < -0.4 is 4.90 Å². The van der Waals surface area contributed by atoms with Gasteiger partial charge < -0.3 is 10.0 Å². The minimum Gasteiger partial charge on any atom is -0.395 e. The monoisotopic (exact) mass is 273 g/mol. The SMILES string of the molecule is CCCCN(CCO)c1ncc([N+](=O)[O-])cc1Cl. The van der Waals surface area contributed by atoms with Gasteiger partial charge in [0, 0.05) is 19.2 Å². The quantitative estimate of drug-likeness (QED) is 0.609. The number of pyridine rings is 1. The van der Waals surface area contributed by atoms with Crippen LogP contribution in [-0.4, -0.2) is 34.7 Å². The second kappa shape index (κ2) is 7.13. The third kappa shape index (κ3) is 3.82. The van der Waals surface area contributed by atoms with Crippen molar-refractivity contribution in [1.82, 2.24) is 4.98 Å². The second-order valence-corrected chi connectivity index (χ2v) is 4.23. The van der Waals surface area contributed by atoms with E-state index in [1.807, 2.05) is 4.90 Å². The molecule has 1 rings (SSSR count). The first kappa shape index (κ1) is 14.7. The fourth-order valence-electron chi connectivity index (χ4n) is 1.55. The highest BCUT2D eigenvalue weighted by molar-refractivity contribution is 6.33. The Morgan fingerprint density at radius 3 is 2.78 bits per heavy atom. The predicted octanol–water partition coefficient (Wildman–Crippen LogP) is 2.24. The van der Waals surface area contributed by atoms with E-state index >= 15 is 0 Å². The second-order valence-electron chi connectivity index (χ2n) is 3.82. The number of rotatable bonds is 7. The zero-order chi connectivity index (χ0) is 13.5. The van der Waals surface area contributed by atoms with Gasteiger partial charge in [0.15, 0.2) is 0 Å². The van der Waals surface area contributed by atoms with Gasteiger partial charge in [0.2, 0.25) is 0 Å². The van der Waals surface area contributed by atoms with Crippen molar-refractivity contribution < 1.29 is 10.0 Å². The Balaban J connectivity index is 2.93. The summed E-state index contributed by atoms with van der Waals surface area (Å²) in [7, 11) is 0. The fourth-order valence-corrected chi connectivity index (χ4v) is 1.83. The zero-order valence-corrected chi connectivity index (χ0v) is 10.9. The molecule has 18 heavy (non-hydrogen) atoms. The summed E-state index contributed by atoms with van der Waals surface area (Å²) in [5, 5.41) is 19.8. The summed E-state index contributed by atoms with van der Waals surface area (Å²) < 4.78 is 0. The van der Waals surface area contributed by atoms with Gasteiger partial charge in [-0.25, -0.2) is 4.98 Å². The van der Waals surface area contributed by atoms with Gasteiger partial charge in [-0.1, -0.05) is 24.9 Å². The number of aliphatic hydroxyl groups is 1. The lowest BCUT2D eigenvalue weighted by molar-refractivity contribution is -0.385. The molecule has 0 bridgehead atoms. The van der Waals surface area contributed by atoms with Crippen molar-refractivity contribution >= 4 is 23.1 Å². The van der Waals surface area contributed by atoms with Gasteiger partial charge >= 0.3 is 0 Å². The van der Waals surface area contributed by atoms with Crippen LogP contribution in [0.25, 0.3) is 0 Å². The molecule has 6 nitrogen and oxygen atoms in total. The molecule has 0 unspecified atom stereocenters. The first-order chi connectivity index (χ1) is 8.60. The van der Waals surface area contributed by atoms with Gasteiger partial charge in [-0.2, -0.15) is 0 Å². The molecule has 0 radical (unpaired) electrons. The van der Waals surface area contributed by atoms with Gasteiger partial charge in [-0.05, 0) is 6.42 Å². The Hall–Kier alpha value is -1.40. The molecule has 0 amide bonds. The van der Waals surface area contributed by atoms with E-state index in [9.17, 15) is 10.1 Å². The molecule has 0 saturated heterocycles. The van der Waals surface area contributed by atoms with Crippen LogP contribution in [0.5, 0.6) is 0 Å². The minimum atomic E-state index is -0.537. The van der Waals surface area contributed by atoms with Crippen molar-refractivity contribution in [2.45, 2.75) is 19.8 Å². The Kier molecular flexibility index (Phi) is 5.80. The van der Waals surface area contributed by atoms with Gasteiger partial charge in [0.05, 0.1) is 16.6 Å². The Morgan fingerprint density at radius 1 is 1.56 bits per heavy atom. The van der Waals surface area contributed by atoms with Crippen LogP contribution in [0, 0.1) is 10.1 Å². The number of nitro groups is 1. The largest absolute Gasteiger partial charge is 0.395 e. The average Bonchev–Trinajstić information content (AvgIpc) is 2.34. The van der Waals surface area contributed by atoms with Gasteiger partial charge in [0.1, 0.15) is 12.0 Å². The van der Waals surface area contributed by atoms with E-state index in [1.165, 1.54) is 12.3 Å². The summed E-state index contributed by atoms with van der Waals surface area (Å²) in [6.45, 7) is 3.16. The number of hydrogen-bond acceptors (Lipinski definition) is 5. The molecule has 0 aliphatic heterocycles. The molecular formula is C11H16ClN3O3. The summed E-state index contributed by atoms with van der Waals surface area (Å²) in [4.78, 5) is 15.9. The normalized spacial score (nSPS) is 10.4. The standard InChI is InChI=1S/C11H16ClN3O3/c1-2-3-4-14(5-6-16)11-10(12)7-9(8-13-11)15(17)18/h7-8,16H,2-6H2,1H3. The molecule has 0 fully saturated rings. The molecule has 1 heterocycles. The smallest absolute Gasteiger partial charge is 0.289 e. The number of aliphatic hydroxyl groups excluding tert-OH is 1. The number of hydrogen-bond donors (Lipinski definition) is 1. The molecule has 1 aromatic heterocycles. The third-order valence-electron chi connectivity index (χ3n) is 2.47. The lowest BCUT2D eigenvalue weighted by atomic mass is 10.3. The summed E-state index contributed by atoms with van der Waals surface area (Å²) >= 11 is 5.99. The van der Waals surface area contributed by atoms with E-state index in [0.29, 0.717) is 18.9 Å². The van der Waals surface area contributed by atoms with Crippen LogP contribution in [0.3, 0.4) is 0 Å². The van der Waals surface area contributed by atoms with E-state index in [2.05, 4.69) is 11.9 Å². The molecule has 0 aliphatic carbocycles. The van der Waals surface area contributed by atoms with E-state index in [4.69, 9.17) is 16.7 Å². The summed E-state index contributed by atoms with van der Waals surface area (Å²) in [6.07, 6.45) is 3.12. The molecule has 7 heteroatoms. The fraction of sp³-hybridized carbons (Fsp3) is 0.545. The van der Waals surface area contributed by atoms with E-state index in [1.54, 1.807) is 0 Å². The Morgan fingerprint density at radius 2 is 2.28 bits per heavy atom. The van der Waals surface area contributed by atoms with Crippen molar-refractivity contribution in [2.75, 3.05) is 24.6 Å². The van der Waals surface area contributed by atoms with Crippen LogP contribution in [0.15, 0.2) is 12.3 Å². The van der Waals surface area contributed by atoms with Crippen molar-refractivity contribution in [3.05, 3.63) is 27.4 Å². The number of halogens is 1. The maximum atomic E-state index is 10.6. The molecule has 100 valence electrons. The highest BCUT2D eigenvalue weighted by Gasteiger charge is 2.15. The summed E-state index contributed by atoms with van der Waals surface area (Å²) in [5.74, 6) is 0.477. The van der Waals surface area contributed by atoms with Crippen molar-refractivity contribution in [3.63, 3.8) is 0 Å². The molecular weight excluding hydrogens is 258 g/mol. The van der Waals surface area contributed by atoms with Crippen molar-refractivity contribution in [1.29, 1.82) is 0 Å². The lowest BCUT2D eigenvalue weighted by Gasteiger charge is -2.23. The molecule has 1 aromatic rings. The van der Waals surface area contributed by atoms with Crippen LogP contribution in [0.4, 0.5) is 11.5 Å². The Labute approximate surface area is 110 Å². The van der Waals surface area contributed by atoms with E-state index < -0.39 is 4.92 Å². The summed E-state index contributed by atoms with van der Waals surface area (Å²) in [6, 6.07) is 1.28. The molecule has 0 atom stereocenters. The van der Waals surface area contributed by atoms with Gasteiger partial charge in [-0.15, -0.1) is 0 Å². The van der Waals surface area contributed by atoms with Gasteiger partial charge in [-0.3, -0.25) is 10.1 Å². The van der Waals surface area contributed by atoms with Crippen LogP contribution in [0.1, 0.15) is 19.8 Å². The highest BCUT2D eigenvalue weighted by atomic mass is 35.5. The van der Waals surface area contributed by atoms with Crippen molar-refractivity contribution in [2.24, 2.45) is 0 Å². The number of aromatic nitrogens is 1. The summed E-state index contributed by atoms with van der Waals surface area (Å²) in [5.41, 5.74) is -0.136. The molecule has 0 saturated carbocycles. The average molecular weight is 274 g/mol. The van der Waals surface area contributed by atoms with Crippen LogP contribution >= 0.6 is 11.6 Å². The van der Waals surface area contributed by atoms with Crippen LogP contribution in [-0.2, 0) is 0 Å². The van der Waals surface area contributed by atoms with Gasteiger partial charge in [0.25, 0.3) is 5.69 Å². The molecule has 1 N–H and O–H groups in total. The number of nitrogens with zero attached hydrogens (tertiary/aromatic N) is 3. The Bertz CT molecular complexity index is 415. The first-order valence-corrected chi connectivity index (χ1v) is 6.13. The molecule has 0 spiro atoms. The lowest BCUT2D eigenvalue weighted by Crippen LogP contribution is -2.28. The maximum absolute atomic E-state index is 10.6. The predicted molar refractivity (Wildman–Crippen MR) is 70.1 cm³/mol. The molecule has 0 aromatic carbocycles. The van der Waals surface area contributed by atoms with E-state index in [-0.39, 0.29) is 17.3 Å². The third-order valence-corrected chi connectivity index (χ3v) is 2.75. The molecule has 0 aliphatic rings.